The molecule has 1 heterocycles. The molecule has 31 heavy (non-hydrogen) atoms. The monoisotopic (exact) mass is 415 g/mol. The van der Waals surface area contributed by atoms with Crippen molar-refractivity contribution in [2.75, 3.05) is 31.4 Å². The van der Waals surface area contributed by atoms with Crippen LogP contribution in [0, 0.1) is 0 Å². The first-order valence-corrected chi connectivity index (χ1v) is 9.93. The molecule has 0 fully saturated rings. The van der Waals surface area contributed by atoms with Gasteiger partial charge in [-0.15, -0.1) is 0 Å². The van der Waals surface area contributed by atoms with Crippen LogP contribution in [0.4, 0.5) is 17.1 Å². The van der Waals surface area contributed by atoms with Gasteiger partial charge >= 0.3 is 0 Å². The van der Waals surface area contributed by atoms with Crippen LogP contribution >= 0.6 is 0 Å². The zero-order chi connectivity index (χ0) is 21.4. The average molecular weight is 415 g/mol. The molecule has 0 bridgehead atoms. The zero-order valence-electron chi connectivity index (χ0n) is 17.1. The van der Waals surface area contributed by atoms with Crippen LogP contribution in [0.25, 0.3) is 22.2 Å². The Bertz CT molecular complexity index is 1260. The molecule has 0 amide bonds. The summed E-state index contributed by atoms with van der Waals surface area (Å²) >= 11 is 0. The minimum Gasteiger partial charge on any atom is -0.378 e. The normalized spacial score (nSPS) is 12.3. The van der Waals surface area contributed by atoms with E-state index in [1.54, 1.807) is 14.2 Å². The highest BCUT2D eigenvalue weighted by molar-refractivity contribution is 6.28. The summed E-state index contributed by atoms with van der Waals surface area (Å²) in [6.07, 6.45) is -0.429. The van der Waals surface area contributed by atoms with Gasteiger partial charge in [-0.05, 0) is 18.2 Å². The zero-order valence-corrected chi connectivity index (χ0v) is 17.1. The van der Waals surface area contributed by atoms with Gasteiger partial charge in [0, 0.05) is 31.0 Å². The van der Waals surface area contributed by atoms with E-state index in [1.807, 2.05) is 60.7 Å². The van der Waals surface area contributed by atoms with Crippen LogP contribution < -0.4 is 10.6 Å². The van der Waals surface area contributed by atoms with E-state index in [2.05, 4.69) is 15.8 Å². The van der Waals surface area contributed by atoms with Crippen LogP contribution in [0.5, 0.6) is 0 Å². The fourth-order valence-electron chi connectivity index (χ4n) is 3.93. The maximum atomic E-state index is 13.5. The van der Waals surface area contributed by atoms with Gasteiger partial charge in [0.2, 0.25) is 0 Å². The van der Waals surface area contributed by atoms with E-state index in [4.69, 9.17) is 14.0 Å². The molecule has 1 aliphatic rings. The molecule has 0 radical (unpaired) electrons. The highest BCUT2D eigenvalue weighted by Crippen LogP contribution is 2.45. The molecule has 7 heteroatoms. The van der Waals surface area contributed by atoms with Gasteiger partial charge in [-0.1, -0.05) is 47.6 Å². The Kier molecular flexibility index (Phi) is 4.89. The van der Waals surface area contributed by atoms with Crippen LogP contribution in [-0.2, 0) is 9.47 Å². The lowest BCUT2D eigenvalue weighted by atomic mass is 9.86. The van der Waals surface area contributed by atoms with Gasteiger partial charge in [0.25, 0.3) is 0 Å². The Labute approximate surface area is 178 Å². The van der Waals surface area contributed by atoms with E-state index in [1.165, 1.54) is 0 Å². The fourth-order valence-corrected chi connectivity index (χ4v) is 3.93. The lowest BCUT2D eigenvalue weighted by molar-refractivity contribution is -0.0913. The number of benzene rings is 3. The Morgan fingerprint density at radius 1 is 0.968 bits per heavy atom. The lowest BCUT2D eigenvalue weighted by Crippen LogP contribution is -2.24. The van der Waals surface area contributed by atoms with Crippen molar-refractivity contribution in [2.24, 2.45) is 0 Å². The number of nitrogens with one attached hydrogen (secondary N) is 2. The van der Waals surface area contributed by atoms with Crippen molar-refractivity contribution in [3.63, 3.8) is 0 Å². The maximum Gasteiger partial charge on any atom is 0.196 e. The number of anilines is 3. The number of fused-ring (bicyclic) bond motifs is 2. The first-order valence-electron chi connectivity index (χ1n) is 9.93. The number of hydrogen-bond donors (Lipinski definition) is 2. The largest absolute Gasteiger partial charge is 0.378 e. The van der Waals surface area contributed by atoms with Crippen LogP contribution in [0.3, 0.4) is 0 Å². The van der Waals surface area contributed by atoms with E-state index in [0.717, 1.165) is 16.9 Å². The molecule has 0 saturated heterocycles. The van der Waals surface area contributed by atoms with Crippen molar-refractivity contribution in [2.45, 2.75) is 6.29 Å². The second-order valence-corrected chi connectivity index (χ2v) is 7.23. The number of methoxy groups -OCH3 is 2. The molecule has 1 aliphatic carbocycles. The van der Waals surface area contributed by atoms with Gasteiger partial charge in [0.1, 0.15) is 5.52 Å². The third-order valence-corrected chi connectivity index (χ3v) is 5.44. The summed E-state index contributed by atoms with van der Waals surface area (Å²) in [5, 5.41) is 11.7. The predicted molar refractivity (Wildman–Crippen MR) is 119 cm³/mol. The van der Waals surface area contributed by atoms with Crippen molar-refractivity contribution >= 4 is 33.7 Å². The van der Waals surface area contributed by atoms with Crippen LogP contribution in [-0.4, -0.2) is 38.0 Å². The average Bonchev–Trinajstić information content (AvgIpc) is 3.25. The highest BCUT2D eigenvalue weighted by Gasteiger charge is 2.32. The molecule has 0 unspecified atom stereocenters. The number of hydrogen-bond acceptors (Lipinski definition) is 7. The molecular weight excluding hydrogens is 394 g/mol. The summed E-state index contributed by atoms with van der Waals surface area (Å²) in [5.74, 6) is 0.530. The number of carbonyl (C=O) groups is 1. The summed E-state index contributed by atoms with van der Waals surface area (Å²) in [7, 11) is 3.16. The molecular formula is C24H21N3O4. The fraction of sp³-hybridized carbons (Fsp3) is 0.167. The molecule has 1 aromatic heterocycles. The molecule has 0 saturated carbocycles. The molecule has 0 spiro atoms. The van der Waals surface area contributed by atoms with Crippen molar-refractivity contribution in [3.8, 4) is 11.3 Å². The van der Waals surface area contributed by atoms with Crippen molar-refractivity contribution in [3.05, 3.63) is 71.8 Å². The Balaban J connectivity index is 1.70. The minimum absolute atomic E-state index is 0.0621. The Hall–Kier alpha value is -3.68. The summed E-state index contributed by atoms with van der Waals surface area (Å²) in [6, 6.07) is 19.0. The van der Waals surface area contributed by atoms with Gasteiger partial charge in [-0.25, -0.2) is 0 Å². The summed E-state index contributed by atoms with van der Waals surface area (Å²) in [5.41, 5.74) is 4.77. The number of para-hydroxylation sites is 1. The number of rotatable bonds is 7. The van der Waals surface area contributed by atoms with Crippen LogP contribution in [0.1, 0.15) is 15.9 Å². The van der Waals surface area contributed by atoms with E-state index < -0.39 is 6.29 Å². The van der Waals surface area contributed by atoms with E-state index in [0.29, 0.717) is 40.0 Å². The summed E-state index contributed by atoms with van der Waals surface area (Å²) < 4.78 is 16.3. The SMILES string of the molecule is COC(CNc1cc(Nc2ccccc2)c2c3c(onc13)-c1ccccc1C2=O)OC. The van der Waals surface area contributed by atoms with Crippen molar-refractivity contribution in [1.29, 1.82) is 0 Å². The third kappa shape index (κ3) is 3.24. The van der Waals surface area contributed by atoms with Crippen molar-refractivity contribution < 1.29 is 18.8 Å². The molecule has 156 valence electrons. The predicted octanol–water partition coefficient (Wildman–Crippen LogP) is 4.81. The quantitative estimate of drug-likeness (QED) is 0.369. The number of aromatic nitrogens is 1. The molecule has 0 aliphatic heterocycles. The number of nitrogens with zero attached hydrogens (tertiary/aromatic N) is 1. The maximum absolute atomic E-state index is 13.5. The molecule has 0 atom stereocenters. The third-order valence-electron chi connectivity index (χ3n) is 5.44. The van der Waals surface area contributed by atoms with E-state index in [-0.39, 0.29) is 5.78 Å². The van der Waals surface area contributed by atoms with Crippen LogP contribution in [0.15, 0.2) is 65.2 Å². The first kappa shape index (κ1) is 19.3. The summed E-state index contributed by atoms with van der Waals surface area (Å²) in [4.78, 5) is 13.5. The second-order valence-electron chi connectivity index (χ2n) is 7.23. The topological polar surface area (TPSA) is 85.6 Å². The number of carbonyl (C=O) groups excluding carboxylic acids is 1. The van der Waals surface area contributed by atoms with Gasteiger partial charge < -0.3 is 24.6 Å². The molecule has 7 nitrogen and oxygen atoms in total. The Morgan fingerprint density at radius 2 is 1.68 bits per heavy atom. The molecule has 4 aromatic rings. The molecule has 5 rings (SSSR count). The standard InChI is InChI=1S/C24H21N3O4/c1-29-19(30-2)13-25-18-12-17(26-14-8-4-3-5-9-14)20-21-22(18)27-31-24(21)16-11-7-6-10-15(16)23(20)28/h3-12,19,25-26H,13H2,1-2H3. The van der Waals surface area contributed by atoms with Crippen LogP contribution in [0.2, 0.25) is 0 Å². The van der Waals surface area contributed by atoms with Gasteiger partial charge in [0.15, 0.2) is 17.8 Å². The molecule has 3 aromatic carbocycles. The lowest BCUT2D eigenvalue weighted by Gasteiger charge is -2.20. The van der Waals surface area contributed by atoms with E-state index >= 15 is 0 Å². The van der Waals surface area contributed by atoms with Gasteiger partial charge in [-0.2, -0.15) is 0 Å². The second kappa shape index (κ2) is 7.86. The number of ketones is 1. The smallest absolute Gasteiger partial charge is 0.196 e. The minimum atomic E-state index is -0.429. The highest BCUT2D eigenvalue weighted by atomic mass is 16.7. The summed E-state index contributed by atoms with van der Waals surface area (Å²) in [6.45, 7) is 0.402. The first-order chi connectivity index (χ1) is 15.2. The number of ether oxygens (including phenoxy) is 2. The van der Waals surface area contributed by atoms with Crippen molar-refractivity contribution in [1.82, 2.24) is 5.16 Å². The Morgan fingerprint density at radius 3 is 2.42 bits per heavy atom. The van der Waals surface area contributed by atoms with Gasteiger partial charge in [0.05, 0.1) is 28.9 Å². The molecule has 2 N–H and O–H groups in total. The van der Waals surface area contributed by atoms with Gasteiger partial charge in [-0.3, -0.25) is 4.79 Å². The van der Waals surface area contributed by atoms with E-state index in [9.17, 15) is 4.79 Å².